The summed E-state index contributed by atoms with van der Waals surface area (Å²) in [5.74, 6) is 0.172. The molecule has 0 radical (unpaired) electrons. The maximum absolute atomic E-state index is 12.0. The van der Waals surface area contributed by atoms with Crippen molar-refractivity contribution in [2.75, 3.05) is 50.6 Å². The lowest BCUT2D eigenvalue weighted by atomic mass is 10.1. The molecule has 0 spiro atoms. The second kappa shape index (κ2) is 7.85. The Hall–Kier alpha value is -3.13. The number of aromatic nitrogens is 3. The molecule has 0 saturated carbocycles. The number of likely N-dealkylation sites (N-methyl/N-ethyl adjacent to an activating group) is 1. The third-order valence-electron chi connectivity index (χ3n) is 5.10. The highest BCUT2D eigenvalue weighted by Crippen LogP contribution is 2.21. The summed E-state index contributed by atoms with van der Waals surface area (Å²) >= 11 is 0. The molecule has 1 aliphatic heterocycles. The molecule has 1 aliphatic rings. The molecular formula is C20H24N6O2. The summed E-state index contributed by atoms with van der Waals surface area (Å²) in [6.07, 6.45) is 4.86. The van der Waals surface area contributed by atoms with Crippen molar-refractivity contribution in [2.45, 2.75) is 6.54 Å². The van der Waals surface area contributed by atoms with Gasteiger partial charge in [0.2, 0.25) is 0 Å². The van der Waals surface area contributed by atoms with Gasteiger partial charge in [0.15, 0.2) is 5.82 Å². The molecule has 1 saturated heterocycles. The molecule has 2 aromatic heterocycles. The van der Waals surface area contributed by atoms with Crippen LogP contribution in [0.1, 0.15) is 15.9 Å². The minimum absolute atomic E-state index is 0.392. The number of carbonyl (C=O) groups excluding carboxylic acids is 1. The first kappa shape index (κ1) is 18.2. The van der Waals surface area contributed by atoms with E-state index in [1.807, 2.05) is 0 Å². The Kier molecular flexibility index (Phi) is 5.12. The van der Waals surface area contributed by atoms with Gasteiger partial charge >= 0.3 is 5.97 Å². The predicted molar refractivity (Wildman–Crippen MR) is 108 cm³/mol. The van der Waals surface area contributed by atoms with Crippen molar-refractivity contribution in [3.05, 3.63) is 54.0 Å². The van der Waals surface area contributed by atoms with E-state index in [1.54, 1.807) is 16.9 Å². The van der Waals surface area contributed by atoms with Crippen LogP contribution in [0.15, 0.2) is 42.9 Å². The Balaban J connectivity index is 1.47. The van der Waals surface area contributed by atoms with Crippen LogP contribution in [0.5, 0.6) is 0 Å². The molecule has 0 aliphatic carbocycles. The largest absolute Gasteiger partial charge is 0.465 e. The van der Waals surface area contributed by atoms with E-state index in [4.69, 9.17) is 4.74 Å². The fraction of sp³-hybridized carbons (Fsp3) is 0.350. The van der Waals surface area contributed by atoms with Gasteiger partial charge in [-0.3, -0.25) is 0 Å². The lowest BCUT2D eigenvalue weighted by Crippen LogP contribution is -2.44. The van der Waals surface area contributed by atoms with Crippen molar-refractivity contribution in [1.82, 2.24) is 19.5 Å². The minimum Gasteiger partial charge on any atom is -0.465 e. The quantitative estimate of drug-likeness (QED) is 0.678. The summed E-state index contributed by atoms with van der Waals surface area (Å²) in [6.45, 7) is 4.89. The summed E-state index contributed by atoms with van der Waals surface area (Å²) in [5.41, 5.74) is 3.40. The second-order valence-corrected chi connectivity index (χ2v) is 6.93. The fourth-order valence-corrected chi connectivity index (χ4v) is 3.41. The van der Waals surface area contributed by atoms with Gasteiger partial charge < -0.3 is 19.9 Å². The van der Waals surface area contributed by atoms with E-state index in [2.05, 4.69) is 56.5 Å². The standard InChI is InChI=1S/C20H24N6O2/c1-24-9-11-25(12-10-24)16-5-3-15(4-6-16)13-22-19-18-17(20(27)28-2)14-23-26(18)8-7-21-19/h3-8,14H,9-13H2,1-2H3,(H,21,22). The Morgan fingerprint density at radius 3 is 2.64 bits per heavy atom. The molecule has 3 aromatic rings. The van der Waals surface area contributed by atoms with Crippen molar-refractivity contribution >= 4 is 23.0 Å². The third kappa shape index (κ3) is 3.63. The van der Waals surface area contributed by atoms with E-state index in [-0.39, 0.29) is 0 Å². The van der Waals surface area contributed by atoms with Gasteiger partial charge in [0.1, 0.15) is 11.1 Å². The van der Waals surface area contributed by atoms with Crippen LogP contribution in [0.4, 0.5) is 11.5 Å². The van der Waals surface area contributed by atoms with E-state index in [1.165, 1.54) is 19.0 Å². The van der Waals surface area contributed by atoms with Crippen LogP contribution in [-0.4, -0.2) is 65.8 Å². The molecule has 3 heterocycles. The predicted octanol–water partition coefficient (Wildman–Crippen LogP) is 1.88. The minimum atomic E-state index is -0.428. The van der Waals surface area contributed by atoms with E-state index in [0.717, 1.165) is 31.7 Å². The average Bonchev–Trinajstić information content (AvgIpc) is 3.17. The molecule has 0 unspecified atom stereocenters. The number of nitrogens with one attached hydrogen (secondary N) is 1. The number of methoxy groups -OCH3 is 1. The number of piperazine rings is 1. The van der Waals surface area contributed by atoms with Crippen molar-refractivity contribution < 1.29 is 9.53 Å². The summed E-state index contributed by atoms with van der Waals surface area (Å²) in [6, 6.07) is 8.57. The van der Waals surface area contributed by atoms with Gasteiger partial charge in [-0.2, -0.15) is 5.10 Å². The van der Waals surface area contributed by atoms with Gasteiger partial charge in [0.25, 0.3) is 0 Å². The average molecular weight is 380 g/mol. The molecule has 0 bridgehead atoms. The summed E-state index contributed by atoms with van der Waals surface area (Å²) in [4.78, 5) is 21.1. The number of nitrogens with zero attached hydrogens (tertiary/aromatic N) is 5. The molecule has 1 N–H and O–H groups in total. The van der Waals surface area contributed by atoms with Crippen LogP contribution in [-0.2, 0) is 11.3 Å². The summed E-state index contributed by atoms with van der Waals surface area (Å²) < 4.78 is 6.47. The normalized spacial score (nSPS) is 15.0. The van der Waals surface area contributed by atoms with E-state index >= 15 is 0 Å². The zero-order valence-corrected chi connectivity index (χ0v) is 16.1. The lowest BCUT2D eigenvalue weighted by Gasteiger charge is -2.34. The molecular weight excluding hydrogens is 356 g/mol. The Morgan fingerprint density at radius 2 is 1.93 bits per heavy atom. The molecule has 0 atom stereocenters. The number of ether oxygens (including phenoxy) is 1. The van der Waals surface area contributed by atoms with Crippen LogP contribution in [0.2, 0.25) is 0 Å². The van der Waals surface area contributed by atoms with Crippen molar-refractivity contribution in [1.29, 1.82) is 0 Å². The van der Waals surface area contributed by atoms with Crippen molar-refractivity contribution in [2.24, 2.45) is 0 Å². The molecule has 8 nitrogen and oxygen atoms in total. The van der Waals surface area contributed by atoms with Crippen LogP contribution in [0.3, 0.4) is 0 Å². The molecule has 28 heavy (non-hydrogen) atoms. The van der Waals surface area contributed by atoms with Gasteiger partial charge in [-0.05, 0) is 24.7 Å². The molecule has 1 aromatic carbocycles. The summed E-state index contributed by atoms with van der Waals surface area (Å²) in [5, 5.41) is 7.51. The third-order valence-corrected chi connectivity index (χ3v) is 5.10. The molecule has 0 amide bonds. The van der Waals surface area contributed by atoms with Crippen molar-refractivity contribution in [3.8, 4) is 0 Å². The Bertz CT molecular complexity index is 960. The second-order valence-electron chi connectivity index (χ2n) is 6.93. The highest BCUT2D eigenvalue weighted by molar-refractivity contribution is 5.99. The first-order valence-electron chi connectivity index (χ1n) is 9.32. The number of hydrogen-bond donors (Lipinski definition) is 1. The van der Waals surface area contributed by atoms with Gasteiger partial charge in [-0.25, -0.2) is 14.3 Å². The highest BCUT2D eigenvalue weighted by Gasteiger charge is 2.17. The Morgan fingerprint density at radius 1 is 1.18 bits per heavy atom. The first-order chi connectivity index (χ1) is 13.7. The number of fused-ring (bicyclic) bond motifs is 1. The van der Waals surface area contributed by atoms with Gasteiger partial charge in [-0.15, -0.1) is 0 Å². The first-order valence-corrected chi connectivity index (χ1v) is 9.32. The van der Waals surface area contributed by atoms with Gasteiger partial charge in [0, 0.05) is 50.8 Å². The van der Waals surface area contributed by atoms with Gasteiger partial charge in [-0.1, -0.05) is 12.1 Å². The van der Waals surface area contributed by atoms with E-state index in [9.17, 15) is 4.79 Å². The van der Waals surface area contributed by atoms with E-state index in [0.29, 0.717) is 23.4 Å². The number of esters is 1. The molecule has 1 fully saturated rings. The highest BCUT2D eigenvalue weighted by atomic mass is 16.5. The topological polar surface area (TPSA) is 75.0 Å². The van der Waals surface area contributed by atoms with Crippen LogP contribution in [0.25, 0.3) is 5.52 Å². The zero-order chi connectivity index (χ0) is 19.5. The number of benzene rings is 1. The fourth-order valence-electron chi connectivity index (χ4n) is 3.41. The monoisotopic (exact) mass is 380 g/mol. The van der Waals surface area contributed by atoms with Crippen LogP contribution < -0.4 is 10.2 Å². The molecule has 146 valence electrons. The lowest BCUT2D eigenvalue weighted by molar-refractivity contribution is 0.0603. The molecule has 8 heteroatoms. The summed E-state index contributed by atoms with van der Waals surface area (Å²) in [7, 11) is 3.52. The maximum Gasteiger partial charge on any atom is 0.341 e. The van der Waals surface area contributed by atoms with Crippen molar-refractivity contribution in [3.63, 3.8) is 0 Å². The zero-order valence-electron chi connectivity index (χ0n) is 16.1. The number of anilines is 2. The maximum atomic E-state index is 12.0. The molecule has 4 rings (SSSR count). The number of hydrogen-bond acceptors (Lipinski definition) is 7. The van der Waals surface area contributed by atoms with Gasteiger partial charge in [0.05, 0.1) is 13.3 Å². The number of rotatable bonds is 5. The van der Waals surface area contributed by atoms with E-state index < -0.39 is 5.97 Å². The number of carbonyl (C=O) groups is 1. The smallest absolute Gasteiger partial charge is 0.341 e. The SMILES string of the molecule is COC(=O)c1cnn2ccnc(NCc3ccc(N4CCN(C)CC4)cc3)c12. The Labute approximate surface area is 163 Å². The van der Waals surface area contributed by atoms with Crippen LogP contribution >= 0.6 is 0 Å². The van der Waals surface area contributed by atoms with Crippen LogP contribution in [0, 0.1) is 0 Å².